The SMILES string of the molecule is COc1ccc(OC)c(-c2cc(C(=O)Nc3ccc(Oc4ccc(-n5ccc(C)n5)nn4)cc3)n(C)n2)c1. The minimum Gasteiger partial charge on any atom is -0.497 e. The Morgan fingerprint density at radius 2 is 1.66 bits per heavy atom. The van der Waals surface area contributed by atoms with Gasteiger partial charge >= 0.3 is 0 Å². The van der Waals surface area contributed by atoms with Crippen LogP contribution in [0.2, 0.25) is 0 Å². The molecular formula is C27H25N7O4. The molecule has 0 fully saturated rings. The van der Waals surface area contributed by atoms with Gasteiger partial charge in [-0.2, -0.15) is 10.2 Å². The molecule has 0 aliphatic heterocycles. The summed E-state index contributed by atoms with van der Waals surface area (Å²) in [6, 6.07) is 19.4. The third kappa shape index (κ3) is 5.16. The number of nitrogens with one attached hydrogen (secondary N) is 1. The lowest BCUT2D eigenvalue weighted by atomic mass is 10.1. The summed E-state index contributed by atoms with van der Waals surface area (Å²) < 4.78 is 19.7. The molecule has 0 aliphatic carbocycles. The van der Waals surface area contributed by atoms with Crippen LogP contribution >= 0.6 is 0 Å². The fraction of sp³-hybridized carbons (Fsp3) is 0.148. The first-order valence-electron chi connectivity index (χ1n) is 11.7. The number of rotatable bonds is 8. The number of aryl methyl sites for hydroxylation is 2. The Balaban J connectivity index is 1.26. The number of ether oxygens (including phenoxy) is 3. The summed E-state index contributed by atoms with van der Waals surface area (Å²) in [5.41, 5.74) is 3.18. The predicted molar refractivity (Wildman–Crippen MR) is 140 cm³/mol. The number of carbonyl (C=O) groups is 1. The fourth-order valence-electron chi connectivity index (χ4n) is 3.78. The van der Waals surface area contributed by atoms with Crippen molar-refractivity contribution >= 4 is 11.6 Å². The number of nitrogens with zero attached hydrogens (tertiary/aromatic N) is 6. The monoisotopic (exact) mass is 511 g/mol. The molecule has 0 spiro atoms. The molecule has 2 aromatic carbocycles. The van der Waals surface area contributed by atoms with E-state index in [9.17, 15) is 4.79 Å². The molecule has 3 aromatic heterocycles. The first-order valence-corrected chi connectivity index (χ1v) is 11.7. The van der Waals surface area contributed by atoms with E-state index in [-0.39, 0.29) is 5.91 Å². The van der Waals surface area contributed by atoms with Gasteiger partial charge in [-0.15, -0.1) is 10.2 Å². The second kappa shape index (κ2) is 10.4. The maximum Gasteiger partial charge on any atom is 0.273 e. The van der Waals surface area contributed by atoms with Gasteiger partial charge in [0.25, 0.3) is 5.91 Å². The van der Waals surface area contributed by atoms with E-state index in [0.717, 1.165) is 11.3 Å². The highest BCUT2D eigenvalue weighted by molar-refractivity contribution is 6.03. The lowest BCUT2D eigenvalue weighted by Gasteiger charge is -2.08. The van der Waals surface area contributed by atoms with Crippen molar-refractivity contribution in [3.05, 3.63) is 84.3 Å². The fourth-order valence-corrected chi connectivity index (χ4v) is 3.78. The van der Waals surface area contributed by atoms with E-state index < -0.39 is 0 Å². The van der Waals surface area contributed by atoms with Crippen molar-refractivity contribution in [3.8, 4) is 40.2 Å². The summed E-state index contributed by atoms with van der Waals surface area (Å²) in [4.78, 5) is 13.0. The zero-order valence-electron chi connectivity index (χ0n) is 21.2. The number of aromatic nitrogens is 6. The maximum atomic E-state index is 13.0. The van der Waals surface area contributed by atoms with Gasteiger partial charge in [0.15, 0.2) is 5.82 Å². The molecule has 0 radical (unpaired) electrons. The third-order valence-corrected chi connectivity index (χ3v) is 5.71. The molecule has 38 heavy (non-hydrogen) atoms. The average molecular weight is 512 g/mol. The molecule has 0 atom stereocenters. The highest BCUT2D eigenvalue weighted by atomic mass is 16.5. The largest absolute Gasteiger partial charge is 0.497 e. The normalized spacial score (nSPS) is 10.7. The molecule has 5 aromatic rings. The Morgan fingerprint density at radius 3 is 2.32 bits per heavy atom. The molecule has 11 nitrogen and oxygen atoms in total. The van der Waals surface area contributed by atoms with Gasteiger partial charge in [-0.3, -0.25) is 9.48 Å². The summed E-state index contributed by atoms with van der Waals surface area (Å²) in [6.45, 7) is 1.90. The number of amides is 1. The summed E-state index contributed by atoms with van der Waals surface area (Å²) in [6.07, 6.45) is 1.81. The van der Waals surface area contributed by atoms with Gasteiger partial charge in [0.05, 0.1) is 25.6 Å². The van der Waals surface area contributed by atoms with Gasteiger partial charge in [-0.1, -0.05) is 0 Å². The Bertz CT molecular complexity index is 1570. The number of anilines is 1. The highest BCUT2D eigenvalue weighted by Crippen LogP contribution is 2.33. The lowest BCUT2D eigenvalue weighted by molar-refractivity contribution is 0.101. The van der Waals surface area contributed by atoms with E-state index in [4.69, 9.17) is 14.2 Å². The Morgan fingerprint density at radius 1 is 0.868 bits per heavy atom. The summed E-state index contributed by atoms with van der Waals surface area (Å²) in [5.74, 6) is 2.46. The van der Waals surface area contributed by atoms with Crippen LogP contribution in [-0.2, 0) is 7.05 Å². The van der Waals surface area contributed by atoms with Crippen molar-refractivity contribution in [2.75, 3.05) is 19.5 Å². The van der Waals surface area contributed by atoms with Crippen LogP contribution in [0.4, 0.5) is 5.69 Å². The van der Waals surface area contributed by atoms with Gasteiger partial charge in [0.1, 0.15) is 22.9 Å². The van der Waals surface area contributed by atoms with Crippen LogP contribution in [0.15, 0.2) is 72.9 Å². The molecule has 0 saturated carbocycles. The molecule has 11 heteroatoms. The first kappa shape index (κ1) is 24.5. The first-order chi connectivity index (χ1) is 18.4. The topological polar surface area (TPSA) is 118 Å². The van der Waals surface area contributed by atoms with Gasteiger partial charge in [0.2, 0.25) is 5.88 Å². The van der Waals surface area contributed by atoms with Crippen molar-refractivity contribution in [1.29, 1.82) is 0 Å². The highest BCUT2D eigenvalue weighted by Gasteiger charge is 2.18. The van der Waals surface area contributed by atoms with Crippen LogP contribution in [0, 0.1) is 6.92 Å². The second-order valence-corrected chi connectivity index (χ2v) is 8.32. The summed E-state index contributed by atoms with van der Waals surface area (Å²) >= 11 is 0. The lowest BCUT2D eigenvalue weighted by Crippen LogP contribution is -2.15. The average Bonchev–Trinajstić information content (AvgIpc) is 3.55. The second-order valence-electron chi connectivity index (χ2n) is 8.32. The van der Waals surface area contributed by atoms with Crippen LogP contribution in [0.3, 0.4) is 0 Å². The van der Waals surface area contributed by atoms with Gasteiger partial charge < -0.3 is 19.5 Å². The smallest absolute Gasteiger partial charge is 0.273 e. The quantitative estimate of drug-likeness (QED) is 0.325. The van der Waals surface area contributed by atoms with E-state index in [1.807, 2.05) is 25.3 Å². The Hall–Kier alpha value is -5.19. The molecule has 0 bridgehead atoms. The zero-order chi connectivity index (χ0) is 26.6. The molecule has 0 unspecified atom stereocenters. The van der Waals surface area contributed by atoms with Crippen molar-refractivity contribution in [3.63, 3.8) is 0 Å². The number of benzene rings is 2. The molecule has 0 saturated heterocycles. The van der Waals surface area contributed by atoms with Gasteiger partial charge in [-0.05, 0) is 67.6 Å². The van der Waals surface area contributed by atoms with Crippen LogP contribution in [0.25, 0.3) is 17.1 Å². The standard InChI is InChI=1S/C27H25N7O4/c1-17-13-14-34(31-17)25-11-12-26(30-29-25)38-19-7-5-18(6-8-19)28-27(35)23-16-22(32-33(23)2)21-15-20(36-3)9-10-24(21)37-4/h5-16H,1-4H3,(H,28,35). The van der Waals surface area contributed by atoms with E-state index in [1.54, 1.807) is 80.5 Å². The summed E-state index contributed by atoms with van der Waals surface area (Å²) in [7, 11) is 4.88. The van der Waals surface area contributed by atoms with Crippen molar-refractivity contribution < 1.29 is 19.0 Å². The number of carbonyl (C=O) groups excluding carboxylic acids is 1. The minimum absolute atomic E-state index is 0.308. The maximum absolute atomic E-state index is 13.0. The van der Waals surface area contributed by atoms with Crippen LogP contribution in [0.5, 0.6) is 23.1 Å². The van der Waals surface area contributed by atoms with Crippen LogP contribution in [0.1, 0.15) is 16.2 Å². The van der Waals surface area contributed by atoms with Gasteiger partial charge in [0, 0.05) is 30.6 Å². The molecule has 3 heterocycles. The third-order valence-electron chi connectivity index (χ3n) is 5.71. The molecule has 0 aliphatic rings. The molecule has 192 valence electrons. The molecule has 5 rings (SSSR count). The van der Waals surface area contributed by atoms with Gasteiger partial charge in [-0.25, -0.2) is 4.68 Å². The number of methoxy groups -OCH3 is 2. The molecular weight excluding hydrogens is 486 g/mol. The summed E-state index contributed by atoms with van der Waals surface area (Å²) in [5, 5.41) is 19.9. The van der Waals surface area contributed by atoms with Crippen molar-refractivity contribution in [2.45, 2.75) is 6.92 Å². The Kier molecular flexibility index (Phi) is 6.72. The minimum atomic E-state index is -0.308. The zero-order valence-corrected chi connectivity index (χ0v) is 21.2. The predicted octanol–water partition coefficient (Wildman–Crippen LogP) is 4.43. The van der Waals surface area contributed by atoms with E-state index >= 15 is 0 Å². The van der Waals surface area contributed by atoms with E-state index in [2.05, 4.69) is 25.7 Å². The van der Waals surface area contributed by atoms with Crippen LogP contribution < -0.4 is 19.5 Å². The molecule has 1 N–H and O–H groups in total. The van der Waals surface area contributed by atoms with E-state index in [0.29, 0.717) is 46.0 Å². The van der Waals surface area contributed by atoms with Crippen molar-refractivity contribution in [1.82, 2.24) is 29.8 Å². The number of hydrogen-bond donors (Lipinski definition) is 1. The molecule has 1 amide bonds. The number of hydrogen-bond acceptors (Lipinski definition) is 8. The van der Waals surface area contributed by atoms with Crippen LogP contribution in [-0.4, -0.2) is 49.9 Å². The van der Waals surface area contributed by atoms with E-state index in [1.165, 1.54) is 4.68 Å². The Labute approximate surface area is 218 Å². The van der Waals surface area contributed by atoms with Crippen molar-refractivity contribution in [2.24, 2.45) is 7.05 Å².